The lowest BCUT2D eigenvalue weighted by molar-refractivity contribution is -0.121. The predicted molar refractivity (Wildman–Crippen MR) is 96.5 cm³/mol. The zero-order valence-electron chi connectivity index (χ0n) is 12.9. The monoisotopic (exact) mass is 409 g/mol. The molecule has 0 saturated carbocycles. The molecular formula is C18H17BrClNO3. The highest BCUT2D eigenvalue weighted by atomic mass is 79.9. The van der Waals surface area contributed by atoms with Gasteiger partial charge in [-0.1, -0.05) is 39.7 Å². The number of carbonyl (C=O) groups is 1. The molecule has 2 aromatic carbocycles. The van der Waals surface area contributed by atoms with Crippen molar-refractivity contribution in [3.05, 3.63) is 62.6 Å². The highest BCUT2D eigenvalue weighted by Crippen LogP contribution is 2.33. The van der Waals surface area contributed by atoms with Gasteiger partial charge in [-0.2, -0.15) is 0 Å². The van der Waals surface area contributed by atoms with Gasteiger partial charge in [0.2, 0.25) is 5.91 Å². The van der Waals surface area contributed by atoms with Crippen molar-refractivity contribution in [1.82, 2.24) is 5.32 Å². The van der Waals surface area contributed by atoms with Gasteiger partial charge >= 0.3 is 0 Å². The first kappa shape index (κ1) is 17.3. The van der Waals surface area contributed by atoms with Crippen LogP contribution in [-0.4, -0.2) is 24.2 Å². The van der Waals surface area contributed by atoms with E-state index in [0.29, 0.717) is 11.6 Å². The summed E-state index contributed by atoms with van der Waals surface area (Å²) in [6.45, 7) is 0.438. The summed E-state index contributed by atoms with van der Waals surface area (Å²) in [6, 6.07) is 10.7. The fourth-order valence-electron chi connectivity index (χ4n) is 2.85. The quantitative estimate of drug-likeness (QED) is 0.794. The molecule has 24 heavy (non-hydrogen) atoms. The van der Waals surface area contributed by atoms with Crippen LogP contribution in [0.15, 0.2) is 40.9 Å². The van der Waals surface area contributed by atoms with E-state index in [4.69, 9.17) is 16.3 Å². The number of fused-ring (bicyclic) bond motifs is 1. The summed E-state index contributed by atoms with van der Waals surface area (Å²) in [5, 5.41) is 13.1. The summed E-state index contributed by atoms with van der Waals surface area (Å²) < 4.78 is 6.52. The fourth-order valence-corrected chi connectivity index (χ4v) is 3.53. The van der Waals surface area contributed by atoms with Crippen LogP contribution in [0.1, 0.15) is 22.7 Å². The van der Waals surface area contributed by atoms with Crippen molar-refractivity contribution in [3.63, 3.8) is 0 Å². The topological polar surface area (TPSA) is 58.6 Å². The zero-order chi connectivity index (χ0) is 17.1. The Hall–Kier alpha value is -1.56. The first-order valence-corrected chi connectivity index (χ1v) is 8.83. The molecule has 0 bridgehead atoms. The van der Waals surface area contributed by atoms with Gasteiger partial charge in [-0.25, -0.2) is 0 Å². The maximum Gasteiger partial charge on any atom is 0.225 e. The molecule has 3 rings (SSSR count). The van der Waals surface area contributed by atoms with Crippen molar-refractivity contribution in [1.29, 1.82) is 0 Å². The summed E-state index contributed by atoms with van der Waals surface area (Å²) in [5.74, 6) is 0.576. The Labute approximate surface area is 153 Å². The molecule has 0 fully saturated rings. The van der Waals surface area contributed by atoms with Gasteiger partial charge in [0.15, 0.2) is 0 Å². The molecule has 6 heteroatoms. The van der Waals surface area contributed by atoms with E-state index in [1.54, 1.807) is 6.07 Å². The van der Waals surface area contributed by atoms with E-state index in [1.165, 1.54) is 0 Å². The molecule has 0 saturated heterocycles. The van der Waals surface area contributed by atoms with Crippen molar-refractivity contribution in [2.24, 2.45) is 0 Å². The minimum atomic E-state index is -0.455. The first-order chi connectivity index (χ1) is 11.6. The number of aliphatic hydroxyl groups is 1. The Balaban J connectivity index is 1.74. The molecule has 1 atom stereocenters. The Morgan fingerprint density at radius 2 is 2.21 bits per heavy atom. The Bertz CT molecular complexity index is 766. The van der Waals surface area contributed by atoms with E-state index >= 15 is 0 Å². The molecule has 0 radical (unpaired) electrons. The molecule has 1 unspecified atom stereocenters. The van der Waals surface area contributed by atoms with Gasteiger partial charge in [-0.3, -0.25) is 4.79 Å². The molecule has 1 aliphatic heterocycles. The molecule has 0 spiro atoms. The van der Waals surface area contributed by atoms with Gasteiger partial charge in [0.05, 0.1) is 25.7 Å². The van der Waals surface area contributed by atoms with Crippen molar-refractivity contribution < 1.29 is 14.6 Å². The average Bonchev–Trinajstić information content (AvgIpc) is 3.01. The van der Waals surface area contributed by atoms with Crippen LogP contribution in [0.2, 0.25) is 5.02 Å². The van der Waals surface area contributed by atoms with Crippen LogP contribution in [0.5, 0.6) is 5.75 Å². The number of halogens is 2. The molecule has 126 valence electrons. The van der Waals surface area contributed by atoms with Crippen molar-refractivity contribution in [2.75, 3.05) is 13.2 Å². The molecule has 1 amide bonds. The standard InChI is InChI=1S/C18H17BrClNO3/c19-14-3-1-2-11(6-14)16(10-22)21-17(23)9-13-8-15(20)7-12-4-5-24-18(12)13/h1-3,6-8,16,22H,4-5,9-10H2,(H,21,23). The number of carbonyl (C=O) groups excluding carboxylic acids is 1. The molecule has 4 nitrogen and oxygen atoms in total. The summed E-state index contributed by atoms with van der Waals surface area (Å²) in [7, 11) is 0. The van der Waals surface area contributed by atoms with Gasteiger partial charge in [-0.05, 0) is 35.4 Å². The molecule has 0 aliphatic carbocycles. The van der Waals surface area contributed by atoms with Crippen LogP contribution >= 0.6 is 27.5 Å². The van der Waals surface area contributed by atoms with Crippen LogP contribution < -0.4 is 10.1 Å². The van der Waals surface area contributed by atoms with Gasteiger partial charge in [0.25, 0.3) is 0 Å². The van der Waals surface area contributed by atoms with Crippen LogP contribution in [0.4, 0.5) is 0 Å². The van der Waals surface area contributed by atoms with Crippen LogP contribution in [-0.2, 0) is 17.6 Å². The highest BCUT2D eigenvalue weighted by Gasteiger charge is 2.21. The van der Waals surface area contributed by atoms with E-state index in [9.17, 15) is 9.90 Å². The molecule has 1 aliphatic rings. The van der Waals surface area contributed by atoms with Crippen molar-refractivity contribution >= 4 is 33.4 Å². The fraction of sp³-hybridized carbons (Fsp3) is 0.278. The lowest BCUT2D eigenvalue weighted by atomic mass is 10.0. The Morgan fingerprint density at radius 3 is 2.96 bits per heavy atom. The molecule has 2 aromatic rings. The number of amides is 1. The number of hydrogen-bond donors (Lipinski definition) is 2. The molecule has 2 N–H and O–H groups in total. The number of benzene rings is 2. The molecular weight excluding hydrogens is 394 g/mol. The number of nitrogens with one attached hydrogen (secondary N) is 1. The lowest BCUT2D eigenvalue weighted by Crippen LogP contribution is -2.32. The summed E-state index contributed by atoms with van der Waals surface area (Å²) in [6.07, 6.45) is 0.967. The second kappa shape index (κ2) is 7.55. The molecule has 1 heterocycles. The highest BCUT2D eigenvalue weighted by molar-refractivity contribution is 9.10. The minimum Gasteiger partial charge on any atom is -0.493 e. The minimum absolute atomic E-state index is 0.160. The number of rotatable bonds is 5. The maximum absolute atomic E-state index is 12.4. The second-order valence-corrected chi connectivity index (χ2v) is 7.04. The number of aliphatic hydroxyl groups excluding tert-OH is 1. The van der Waals surface area contributed by atoms with E-state index < -0.39 is 6.04 Å². The third kappa shape index (κ3) is 3.91. The van der Waals surface area contributed by atoms with E-state index in [1.807, 2.05) is 30.3 Å². The maximum atomic E-state index is 12.4. The van der Waals surface area contributed by atoms with Crippen molar-refractivity contribution in [3.8, 4) is 5.75 Å². The largest absolute Gasteiger partial charge is 0.493 e. The smallest absolute Gasteiger partial charge is 0.225 e. The van der Waals surface area contributed by atoms with E-state index in [-0.39, 0.29) is 18.9 Å². The van der Waals surface area contributed by atoms with Crippen molar-refractivity contribution in [2.45, 2.75) is 18.9 Å². The Morgan fingerprint density at radius 1 is 1.38 bits per heavy atom. The summed E-state index contributed by atoms with van der Waals surface area (Å²) in [4.78, 5) is 12.4. The van der Waals surface area contributed by atoms with E-state index in [2.05, 4.69) is 21.2 Å². The third-order valence-electron chi connectivity index (χ3n) is 3.95. The van der Waals surface area contributed by atoms with Crippen LogP contribution in [0.25, 0.3) is 0 Å². The van der Waals surface area contributed by atoms with Crippen LogP contribution in [0, 0.1) is 0 Å². The zero-order valence-corrected chi connectivity index (χ0v) is 15.2. The van der Waals surface area contributed by atoms with Crippen LogP contribution in [0.3, 0.4) is 0 Å². The summed E-state index contributed by atoms with van der Waals surface area (Å²) in [5.41, 5.74) is 2.65. The second-order valence-electron chi connectivity index (χ2n) is 5.69. The number of ether oxygens (including phenoxy) is 1. The molecule has 0 aromatic heterocycles. The normalized spacial score (nSPS) is 14.0. The van der Waals surface area contributed by atoms with Gasteiger partial charge in [0.1, 0.15) is 5.75 Å². The third-order valence-corrected chi connectivity index (χ3v) is 4.66. The average molecular weight is 411 g/mol. The Kier molecular flexibility index (Phi) is 5.43. The first-order valence-electron chi connectivity index (χ1n) is 7.66. The SMILES string of the molecule is O=C(Cc1cc(Cl)cc2c1OCC2)NC(CO)c1cccc(Br)c1. The lowest BCUT2D eigenvalue weighted by Gasteiger charge is -2.17. The van der Waals surface area contributed by atoms with Gasteiger partial charge in [-0.15, -0.1) is 0 Å². The van der Waals surface area contributed by atoms with Gasteiger partial charge in [0, 0.05) is 21.5 Å². The summed E-state index contributed by atoms with van der Waals surface area (Å²) >= 11 is 9.52. The van der Waals surface area contributed by atoms with E-state index in [0.717, 1.165) is 33.3 Å². The van der Waals surface area contributed by atoms with Gasteiger partial charge < -0.3 is 15.2 Å². The number of hydrogen-bond acceptors (Lipinski definition) is 3. The predicted octanol–water partition coefficient (Wildman–Crippen LogP) is 3.43.